The van der Waals surface area contributed by atoms with Crippen LogP contribution in [0.3, 0.4) is 0 Å². The van der Waals surface area contributed by atoms with Gasteiger partial charge in [-0.1, -0.05) is 6.08 Å². The summed E-state index contributed by atoms with van der Waals surface area (Å²) in [6.07, 6.45) is 8.21. The van der Waals surface area contributed by atoms with Gasteiger partial charge in [0.15, 0.2) is 15.7 Å². The van der Waals surface area contributed by atoms with E-state index >= 15 is 0 Å². The molecule has 11 heteroatoms. The second-order valence-corrected chi connectivity index (χ2v) is 11.0. The highest BCUT2D eigenvalue weighted by Gasteiger charge is 2.25. The molecule has 3 heterocycles. The van der Waals surface area contributed by atoms with Crippen LogP contribution in [0.5, 0.6) is 0 Å². The lowest BCUT2D eigenvalue weighted by molar-refractivity contribution is 0.0270. The van der Waals surface area contributed by atoms with Gasteiger partial charge in [-0.05, 0) is 51.0 Å². The molecule has 1 amide bonds. The summed E-state index contributed by atoms with van der Waals surface area (Å²) in [6.45, 7) is 6.43. The SMILES string of the molecule is CC(C)(C)OC(=O)N1CC=C(c2ncc3c(Nc4ccc(S(C)(=O)=O)c(F)c4)nccn23)CC1. The Balaban J connectivity index is 1.56. The number of nitrogens with zero attached hydrogens (tertiary/aromatic N) is 4. The van der Waals surface area contributed by atoms with Gasteiger partial charge in [-0.15, -0.1) is 0 Å². The summed E-state index contributed by atoms with van der Waals surface area (Å²) in [5.41, 5.74) is 1.46. The molecule has 1 aliphatic heterocycles. The summed E-state index contributed by atoms with van der Waals surface area (Å²) in [6, 6.07) is 3.82. The van der Waals surface area contributed by atoms with E-state index in [0.29, 0.717) is 36.5 Å². The fourth-order valence-corrected chi connectivity index (χ4v) is 4.37. The number of benzene rings is 1. The van der Waals surface area contributed by atoms with Crippen LogP contribution in [0.4, 0.5) is 20.7 Å². The third-order valence-corrected chi connectivity index (χ3v) is 6.33. The first-order chi connectivity index (χ1) is 15.9. The van der Waals surface area contributed by atoms with Crippen molar-refractivity contribution in [1.29, 1.82) is 0 Å². The Kier molecular flexibility index (Phi) is 6.07. The molecule has 0 saturated carbocycles. The maximum atomic E-state index is 14.3. The number of sulfone groups is 1. The standard InChI is InChI=1S/C23H26FN5O4S/c1-23(2,3)33-22(30)28-10-7-15(8-11-28)21-26-14-18-20(25-9-12-29(18)21)27-16-5-6-19(17(24)13-16)34(4,31)32/h5-7,9,12-14H,8,10-11H2,1-4H3,(H,25,27). The molecule has 9 nitrogen and oxygen atoms in total. The number of carbonyl (C=O) groups excluding carboxylic acids is 1. The first kappa shape index (κ1) is 23.7. The zero-order chi connectivity index (χ0) is 24.7. The second kappa shape index (κ2) is 8.71. The zero-order valence-corrected chi connectivity index (χ0v) is 20.2. The van der Waals surface area contributed by atoms with E-state index < -0.39 is 21.3 Å². The smallest absolute Gasteiger partial charge is 0.410 e. The molecule has 1 aliphatic rings. The van der Waals surface area contributed by atoms with Gasteiger partial charge in [0.05, 0.1) is 6.20 Å². The van der Waals surface area contributed by atoms with E-state index in [1.54, 1.807) is 23.5 Å². The number of carbonyl (C=O) groups is 1. The van der Waals surface area contributed by atoms with Crippen molar-refractivity contribution in [2.24, 2.45) is 0 Å². The van der Waals surface area contributed by atoms with E-state index in [0.717, 1.165) is 23.7 Å². The third-order valence-electron chi connectivity index (χ3n) is 5.20. The highest BCUT2D eigenvalue weighted by Crippen LogP contribution is 2.27. The van der Waals surface area contributed by atoms with Crippen LogP contribution in [0.1, 0.15) is 33.0 Å². The maximum Gasteiger partial charge on any atom is 0.410 e. The highest BCUT2D eigenvalue weighted by molar-refractivity contribution is 7.90. The Bertz CT molecular complexity index is 1390. The lowest BCUT2D eigenvalue weighted by atomic mass is 10.1. The molecule has 0 saturated heterocycles. The Morgan fingerprint density at radius 2 is 2.00 bits per heavy atom. The summed E-state index contributed by atoms with van der Waals surface area (Å²) < 4.78 is 44.9. The van der Waals surface area contributed by atoms with Crippen molar-refractivity contribution in [1.82, 2.24) is 19.3 Å². The van der Waals surface area contributed by atoms with Crippen LogP contribution in [0.25, 0.3) is 11.1 Å². The van der Waals surface area contributed by atoms with Gasteiger partial charge in [0.25, 0.3) is 0 Å². The Hall–Kier alpha value is -3.47. The van der Waals surface area contributed by atoms with Crippen molar-refractivity contribution in [3.63, 3.8) is 0 Å². The average Bonchev–Trinajstić information content (AvgIpc) is 3.17. The largest absolute Gasteiger partial charge is 0.444 e. The van der Waals surface area contributed by atoms with E-state index in [2.05, 4.69) is 15.3 Å². The molecule has 1 N–H and O–H groups in total. The molecule has 0 atom stereocenters. The lowest BCUT2D eigenvalue weighted by Gasteiger charge is -2.29. The number of fused-ring (bicyclic) bond motifs is 1. The van der Waals surface area contributed by atoms with Crippen LogP contribution in [-0.2, 0) is 14.6 Å². The van der Waals surface area contributed by atoms with Gasteiger partial charge in [0.1, 0.15) is 27.7 Å². The van der Waals surface area contributed by atoms with Crippen molar-refractivity contribution in [2.75, 3.05) is 24.7 Å². The van der Waals surface area contributed by atoms with Crippen LogP contribution in [0, 0.1) is 5.82 Å². The first-order valence-electron chi connectivity index (χ1n) is 10.7. The molecule has 2 aromatic heterocycles. The molecular weight excluding hydrogens is 461 g/mol. The molecule has 34 heavy (non-hydrogen) atoms. The zero-order valence-electron chi connectivity index (χ0n) is 19.4. The number of halogens is 1. The van der Waals surface area contributed by atoms with E-state index in [-0.39, 0.29) is 11.0 Å². The average molecular weight is 488 g/mol. The van der Waals surface area contributed by atoms with Gasteiger partial charge in [-0.3, -0.25) is 4.40 Å². The predicted octanol–water partition coefficient (Wildman–Crippen LogP) is 4.04. The number of hydrogen-bond donors (Lipinski definition) is 1. The summed E-state index contributed by atoms with van der Waals surface area (Å²) in [7, 11) is -3.66. The number of nitrogens with one attached hydrogen (secondary N) is 1. The summed E-state index contributed by atoms with van der Waals surface area (Å²) in [5.74, 6) is 0.331. The quantitative estimate of drug-likeness (QED) is 0.592. The number of amides is 1. The van der Waals surface area contributed by atoms with E-state index in [1.807, 2.05) is 31.2 Å². The lowest BCUT2D eigenvalue weighted by Crippen LogP contribution is -2.39. The number of ether oxygens (including phenoxy) is 1. The molecular formula is C23H26FN5O4S. The highest BCUT2D eigenvalue weighted by atomic mass is 32.2. The molecule has 0 bridgehead atoms. The number of aromatic nitrogens is 3. The van der Waals surface area contributed by atoms with Crippen molar-refractivity contribution in [3.05, 3.63) is 54.5 Å². The molecule has 0 fully saturated rings. The van der Waals surface area contributed by atoms with Gasteiger partial charge in [0.2, 0.25) is 0 Å². The van der Waals surface area contributed by atoms with E-state index in [4.69, 9.17) is 4.74 Å². The van der Waals surface area contributed by atoms with E-state index in [9.17, 15) is 17.6 Å². The predicted molar refractivity (Wildman–Crippen MR) is 126 cm³/mol. The third kappa shape index (κ3) is 5.04. The number of hydrogen-bond acceptors (Lipinski definition) is 7. The molecule has 0 spiro atoms. The fraction of sp³-hybridized carbons (Fsp3) is 0.348. The molecule has 1 aromatic carbocycles. The minimum Gasteiger partial charge on any atom is -0.444 e. The molecule has 4 rings (SSSR count). The van der Waals surface area contributed by atoms with Crippen LogP contribution in [-0.4, -0.2) is 58.7 Å². The fourth-order valence-electron chi connectivity index (χ4n) is 3.64. The van der Waals surface area contributed by atoms with Crippen LogP contribution in [0.2, 0.25) is 0 Å². The Morgan fingerprint density at radius 1 is 1.24 bits per heavy atom. The topological polar surface area (TPSA) is 106 Å². The number of anilines is 2. The van der Waals surface area contributed by atoms with Crippen molar-refractivity contribution in [3.8, 4) is 0 Å². The van der Waals surface area contributed by atoms with Crippen LogP contribution in [0.15, 0.2) is 47.8 Å². The van der Waals surface area contributed by atoms with Crippen LogP contribution < -0.4 is 5.32 Å². The normalized spacial score (nSPS) is 14.7. The van der Waals surface area contributed by atoms with E-state index in [1.165, 1.54) is 12.1 Å². The van der Waals surface area contributed by atoms with Crippen molar-refractivity contribution >= 4 is 38.5 Å². The van der Waals surface area contributed by atoms with Gasteiger partial charge >= 0.3 is 6.09 Å². The van der Waals surface area contributed by atoms with Gasteiger partial charge in [-0.2, -0.15) is 0 Å². The summed E-state index contributed by atoms with van der Waals surface area (Å²) in [4.78, 5) is 22.5. The molecule has 0 radical (unpaired) electrons. The molecule has 3 aromatic rings. The van der Waals surface area contributed by atoms with Gasteiger partial charge in [-0.25, -0.2) is 27.6 Å². The summed E-state index contributed by atoms with van der Waals surface area (Å²) in [5, 5.41) is 3.03. The number of rotatable bonds is 4. The molecule has 180 valence electrons. The Morgan fingerprint density at radius 3 is 2.62 bits per heavy atom. The number of imidazole rings is 1. The van der Waals surface area contributed by atoms with Gasteiger partial charge < -0.3 is 15.0 Å². The Labute approximate surface area is 197 Å². The second-order valence-electron chi connectivity index (χ2n) is 9.06. The van der Waals surface area contributed by atoms with Crippen LogP contribution >= 0.6 is 0 Å². The monoisotopic (exact) mass is 487 g/mol. The van der Waals surface area contributed by atoms with Gasteiger partial charge in [0, 0.05) is 37.4 Å². The minimum atomic E-state index is -3.66. The molecule has 0 unspecified atom stereocenters. The van der Waals surface area contributed by atoms with Crippen molar-refractivity contribution < 1.29 is 22.3 Å². The summed E-state index contributed by atoms with van der Waals surface area (Å²) >= 11 is 0. The first-order valence-corrected chi connectivity index (χ1v) is 12.6. The maximum absolute atomic E-state index is 14.3. The molecule has 0 aliphatic carbocycles. The minimum absolute atomic E-state index is 0.347. The van der Waals surface area contributed by atoms with Crippen molar-refractivity contribution in [2.45, 2.75) is 37.7 Å².